The molecule has 0 N–H and O–H groups in total. The lowest BCUT2D eigenvalue weighted by atomic mass is 9.82. The number of hydrogen-bond acceptors (Lipinski definition) is 4. The molecule has 2 saturated heterocycles. The van der Waals surface area contributed by atoms with E-state index in [1.165, 1.54) is 87.1 Å². The monoisotopic (exact) mass is 678 g/mol. The minimum absolute atomic E-state index is 0.494. The summed E-state index contributed by atoms with van der Waals surface area (Å²) in [6, 6.07) is 30.4. The molecule has 9 rings (SSSR count). The Morgan fingerprint density at radius 3 is 1.21 bits per heavy atom. The van der Waals surface area contributed by atoms with Crippen LogP contribution in [0.3, 0.4) is 0 Å². The van der Waals surface area contributed by atoms with E-state index in [2.05, 4.69) is 84.9 Å². The Morgan fingerprint density at radius 2 is 0.833 bits per heavy atom. The van der Waals surface area contributed by atoms with Gasteiger partial charge >= 0.3 is 0 Å². The predicted octanol–water partition coefficient (Wildman–Crippen LogP) is 11.1. The van der Waals surface area contributed by atoms with E-state index in [4.69, 9.17) is 18.5 Å². The first-order valence-electron chi connectivity index (χ1n) is 18.5. The van der Waals surface area contributed by atoms with Gasteiger partial charge in [0.25, 0.3) is 0 Å². The van der Waals surface area contributed by atoms with Gasteiger partial charge in [-0.05, 0) is 61.1 Å². The van der Waals surface area contributed by atoms with Gasteiger partial charge < -0.3 is 18.5 Å². The fourth-order valence-electron chi connectivity index (χ4n) is 9.48. The summed E-state index contributed by atoms with van der Waals surface area (Å²) in [5.74, 6) is 6.97. The molecule has 0 unspecified atom stereocenters. The van der Waals surface area contributed by atoms with Crippen molar-refractivity contribution in [1.82, 2.24) is 0 Å². The molecule has 4 fully saturated rings. The molecule has 5 aliphatic rings. The van der Waals surface area contributed by atoms with E-state index in [0.29, 0.717) is 13.2 Å². The minimum Gasteiger partial charge on any atom is -0.489 e. The second kappa shape index (κ2) is 13.7. The van der Waals surface area contributed by atoms with Gasteiger partial charge in [-0.25, -0.2) is 0 Å². The van der Waals surface area contributed by atoms with Crippen LogP contribution in [0.1, 0.15) is 51.4 Å². The van der Waals surface area contributed by atoms with Crippen molar-refractivity contribution in [3.8, 4) is 56.4 Å². The first-order valence-corrected chi connectivity index (χ1v) is 22.2. The van der Waals surface area contributed by atoms with Crippen LogP contribution < -0.4 is 18.5 Å². The third-order valence-electron chi connectivity index (χ3n) is 11.8. The van der Waals surface area contributed by atoms with Crippen LogP contribution in [0.5, 0.6) is 23.0 Å². The molecule has 0 bridgehead atoms. The molecule has 6 heteroatoms. The average Bonchev–Trinajstić information content (AvgIpc) is 3.73. The SMILES string of the molecule is c1ccc(-c2ccc3c(c2O[PH+]2C[C@H]4CCCC[C@@H]4C2)-c2c(ccc(-c4ccccc4)c2O[PH+]2C[C@H]4CCCC[C@@H]4C2)OCCO3)cc1. The number of hydrogen-bond donors (Lipinski definition) is 0. The molecule has 0 amide bonds. The molecule has 48 heavy (non-hydrogen) atoms. The maximum Gasteiger partial charge on any atom is 0.192 e. The lowest BCUT2D eigenvalue weighted by Gasteiger charge is -2.25. The van der Waals surface area contributed by atoms with E-state index in [1.54, 1.807) is 0 Å². The average molecular weight is 679 g/mol. The molecular formula is C42H48O4P2+2. The Balaban J connectivity index is 1.24. The summed E-state index contributed by atoms with van der Waals surface area (Å²) in [7, 11) is -2.14. The zero-order valence-electron chi connectivity index (χ0n) is 27.9. The summed E-state index contributed by atoms with van der Waals surface area (Å²) in [5, 5.41) is 0. The molecule has 3 heterocycles. The molecule has 2 saturated carbocycles. The number of benzene rings is 4. The summed E-state index contributed by atoms with van der Waals surface area (Å²) in [6.45, 7) is 0.987. The number of fused-ring (bicyclic) bond motifs is 5. The lowest BCUT2D eigenvalue weighted by molar-refractivity contribution is 0.214. The van der Waals surface area contributed by atoms with Crippen molar-refractivity contribution in [2.75, 3.05) is 37.9 Å². The van der Waals surface area contributed by atoms with Gasteiger partial charge in [-0.3, -0.25) is 0 Å². The van der Waals surface area contributed by atoms with Gasteiger partial charge in [0.1, 0.15) is 24.7 Å². The number of rotatable bonds is 6. The van der Waals surface area contributed by atoms with E-state index in [9.17, 15) is 0 Å². The van der Waals surface area contributed by atoms with E-state index in [1.807, 2.05) is 0 Å². The molecule has 4 aromatic carbocycles. The van der Waals surface area contributed by atoms with Gasteiger partial charge in [-0.2, -0.15) is 0 Å². The van der Waals surface area contributed by atoms with Crippen LogP contribution in [0.25, 0.3) is 33.4 Å². The van der Waals surface area contributed by atoms with Crippen molar-refractivity contribution in [2.45, 2.75) is 51.4 Å². The molecule has 2 aliphatic carbocycles. The maximum absolute atomic E-state index is 7.47. The summed E-state index contributed by atoms with van der Waals surface area (Å²) in [4.78, 5) is 0. The molecule has 0 radical (unpaired) electrons. The number of ether oxygens (including phenoxy) is 2. The van der Waals surface area contributed by atoms with Crippen LogP contribution in [0, 0.1) is 23.7 Å². The van der Waals surface area contributed by atoms with Gasteiger partial charge in [-0.15, -0.1) is 0 Å². The highest BCUT2D eigenvalue weighted by Gasteiger charge is 2.45. The largest absolute Gasteiger partial charge is 0.489 e. The molecule has 4 atom stereocenters. The molecule has 0 spiro atoms. The van der Waals surface area contributed by atoms with Crippen molar-refractivity contribution in [3.05, 3.63) is 84.9 Å². The van der Waals surface area contributed by atoms with Crippen LogP contribution in [0.4, 0.5) is 0 Å². The Kier molecular flexibility index (Phi) is 8.83. The summed E-state index contributed by atoms with van der Waals surface area (Å²) >= 11 is 0. The zero-order chi connectivity index (χ0) is 31.9. The zero-order valence-corrected chi connectivity index (χ0v) is 29.9. The maximum atomic E-state index is 7.47. The van der Waals surface area contributed by atoms with Crippen LogP contribution in [0.15, 0.2) is 84.9 Å². The Labute approximate surface area is 288 Å². The highest BCUT2D eigenvalue weighted by atomic mass is 31.1. The predicted molar refractivity (Wildman–Crippen MR) is 202 cm³/mol. The standard InChI is InChI=1S/C42H46O4P2/c1-3-11-29(12-4-1)35-19-21-37-39(41(35)45-47-25-31-15-7-8-16-32(31)26-47)40-38(44-24-23-43-37)22-20-36(30-13-5-2-6-14-30)42(40)46-48-27-33-17-9-10-18-34(33)28-48/h1-6,11-14,19-22,31-34H,7-10,15-18,23-28H2/p+2/t31-,32-,33-,34-/m1/s1. The van der Waals surface area contributed by atoms with Crippen LogP contribution in [-0.4, -0.2) is 37.9 Å². The fraction of sp³-hybridized carbons (Fsp3) is 0.429. The van der Waals surface area contributed by atoms with E-state index in [0.717, 1.165) is 68.9 Å². The van der Waals surface area contributed by atoms with Crippen molar-refractivity contribution in [1.29, 1.82) is 0 Å². The van der Waals surface area contributed by atoms with Crippen molar-refractivity contribution < 1.29 is 18.5 Å². The minimum atomic E-state index is -1.07. The molecule has 248 valence electrons. The molecule has 4 aromatic rings. The summed E-state index contributed by atoms with van der Waals surface area (Å²) in [6.07, 6.45) is 15.9. The smallest absolute Gasteiger partial charge is 0.192 e. The normalized spacial score (nSPS) is 25.3. The first kappa shape index (κ1) is 31.0. The van der Waals surface area contributed by atoms with Crippen LogP contribution in [-0.2, 0) is 0 Å². The van der Waals surface area contributed by atoms with Crippen LogP contribution in [0.2, 0.25) is 0 Å². The molecular weight excluding hydrogens is 630 g/mol. The quantitative estimate of drug-likeness (QED) is 0.190. The van der Waals surface area contributed by atoms with E-state index in [-0.39, 0.29) is 0 Å². The third kappa shape index (κ3) is 6.03. The first-order chi connectivity index (χ1) is 23.8. The highest BCUT2D eigenvalue weighted by molar-refractivity contribution is 7.53. The van der Waals surface area contributed by atoms with Crippen molar-refractivity contribution in [2.24, 2.45) is 23.7 Å². The van der Waals surface area contributed by atoms with Gasteiger partial charge in [0.05, 0.1) is 35.8 Å². The molecule has 0 aromatic heterocycles. The second-order valence-electron chi connectivity index (χ2n) is 14.8. The molecule has 3 aliphatic heterocycles. The lowest BCUT2D eigenvalue weighted by Crippen LogP contribution is -2.16. The summed E-state index contributed by atoms with van der Waals surface area (Å²) < 4.78 is 28.1. The Bertz CT molecular complexity index is 1590. The summed E-state index contributed by atoms with van der Waals surface area (Å²) in [5.41, 5.74) is 6.65. The van der Waals surface area contributed by atoms with E-state index >= 15 is 0 Å². The Hall–Kier alpha value is -3.06. The topological polar surface area (TPSA) is 36.9 Å². The second-order valence-corrected chi connectivity index (χ2v) is 19.0. The van der Waals surface area contributed by atoms with Gasteiger partial charge in [0.2, 0.25) is 0 Å². The molecule has 4 nitrogen and oxygen atoms in total. The fourth-order valence-corrected chi connectivity index (χ4v) is 15.6. The van der Waals surface area contributed by atoms with Gasteiger partial charge in [0.15, 0.2) is 27.8 Å². The van der Waals surface area contributed by atoms with Crippen molar-refractivity contribution >= 4 is 16.3 Å². The van der Waals surface area contributed by atoms with E-state index < -0.39 is 16.3 Å². The Morgan fingerprint density at radius 1 is 0.458 bits per heavy atom. The third-order valence-corrected chi connectivity index (χ3v) is 16.7. The van der Waals surface area contributed by atoms with Crippen LogP contribution >= 0.6 is 16.3 Å². The van der Waals surface area contributed by atoms with Crippen molar-refractivity contribution in [3.63, 3.8) is 0 Å². The van der Waals surface area contributed by atoms with Gasteiger partial charge in [-0.1, -0.05) is 86.3 Å². The highest BCUT2D eigenvalue weighted by Crippen LogP contribution is 2.62. The van der Waals surface area contributed by atoms with Gasteiger partial charge in [0, 0.05) is 34.8 Å².